The number of rotatable bonds is 18. The molecule has 3 aromatic carbocycles. The summed E-state index contributed by atoms with van der Waals surface area (Å²) in [5.41, 5.74) is 2.23. The van der Waals surface area contributed by atoms with Crippen LogP contribution in [-0.2, 0) is 41.9 Å². The van der Waals surface area contributed by atoms with E-state index < -0.39 is 37.0 Å². The van der Waals surface area contributed by atoms with Gasteiger partial charge in [0.2, 0.25) is 18.0 Å². The number of hydrogen-bond acceptors (Lipinski definition) is 13. The number of hydroxylamine groups is 2. The number of hydrogen-bond donors (Lipinski definition) is 6. The summed E-state index contributed by atoms with van der Waals surface area (Å²) in [5, 5.41) is 62.9. The number of aromatic nitrogens is 1. The third-order valence-corrected chi connectivity index (χ3v) is 11.1. The smallest absolute Gasteiger partial charge is 0.480 e. The van der Waals surface area contributed by atoms with Crippen LogP contribution in [0.1, 0.15) is 17.2 Å². The Bertz CT molecular complexity index is 2190. The summed E-state index contributed by atoms with van der Waals surface area (Å²) in [5.74, 6) is -4.50. The van der Waals surface area contributed by atoms with Crippen LogP contribution in [0.4, 0.5) is 0 Å². The molecular formula is C42H55BEuN7O12+4. The number of benzene rings is 3. The molecule has 6 N–H and O–H groups in total. The molecule has 0 radical (unpaired) electrons. The van der Waals surface area contributed by atoms with Crippen molar-refractivity contribution in [1.82, 2.24) is 29.6 Å². The van der Waals surface area contributed by atoms with Gasteiger partial charge < -0.3 is 40.2 Å². The van der Waals surface area contributed by atoms with Gasteiger partial charge in [-0.25, -0.2) is 4.79 Å². The van der Waals surface area contributed by atoms with E-state index in [2.05, 4.69) is 0 Å². The van der Waals surface area contributed by atoms with Crippen LogP contribution in [0.25, 0.3) is 21.7 Å². The average Bonchev–Trinajstić information content (AvgIpc) is 3.22. The predicted octanol–water partition coefficient (Wildman–Crippen LogP) is -0.917. The summed E-state index contributed by atoms with van der Waals surface area (Å²) in [6, 6.07) is 19.3. The van der Waals surface area contributed by atoms with Crippen LogP contribution < -0.4 is 10.0 Å². The molecule has 1 fully saturated rings. The first kappa shape index (κ1) is 51.6. The molecule has 0 aliphatic carbocycles. The van der Waals surface area contributed by atoms with E-state index in [1.54, 1.807) is 66.7 Å². The molecule has 0 bridgehead atoms. The minimum Gasteiger partial charge on any atom is -0.480 e. The fraction of sp³-hybridized carbons (Fsp3) is 0.429. The zero-order valence-electron chi connectivity index (χ0n) is 35.3. The van der Waals surface area contributed by atoms with Gasteiger partial charge in [0.05, 0.1) is 44.7 Å². The molecule has 1 saturated heterocycles. The molecule has 0 saturated carbocycles. The molecule has 63 heavy (non-hydrogen) atoms. The Kier molecular flexibility index (Phi) is 20.4. The number of fused-ring (bicyclic) bond motifs is 3. The van der Waals surface area contributed by atoms with Crippen molar-refractivity contribution in [3.05, 3.63) is 84.1 Å². The number of carboxylic acid groups (broad SMARTS) is 4. The van der Waals surface area contributed by atoms with Gasteiger partial charge in [0.25, 0.3) is 0 Å². The van der Waals surface area contributed by atoms with E-state index in [1.165, 1.54) is 7.11 Å². The van der Waals surface area contributed by atoms with Crippen molar-refractivity contribution in [2.45, 2.75) is 19.1 Å². The summed E-state index contributed by atoms with van der Waals surface area (Å²) in [6.07, 6.45) is 1.79. The van der Waals surface area contributed by atoms with Crippen LogP contribution >= 0.6 is 0 Å². The minimum absolute atomic E-state index is 0. The van der Waals surface area contributed by atoms with E-state index in [0.29, 0.717) is 16.6 Å². The van der Waals surface area contributed by atoms with Crippen LogP contribution in [0.2, 0.25) is 0 Å². The number of carbonyl (C=O) groups is 5. The van der Waals surface area contributed by atoms with E-state index in [1.807, 2.05) is 47.4 Å². The molecule has 1 atom stereocenters. The van der Waals surface area contributed by atoms with E-state index in [4.69, 9.17) is 4.84 Å². The Balaban J connectivity index is 0.00000871. The van der Waals surface area contributed by atoms with Crippen molar-refractivity contribution >= 4 is 64.0 Å². The van der Waals surface area contributed by atoms with Gasteiger partial charge >= 0.3 is 80.4 Å². The van der Waals surface area contributed by atoms with Gasteiger partial charge in [-0.1, -0.05) is 48.5 Å². The normalized spacial score (nSPS) is 15.6. The Hall–Kier alpha value is -3.99. The van der Waals surface area contributed by atoms with Gasteiger partial charge in [0.1, 0.15) is 0 Å². The second-order valence-corrected chi connectivity index (χ2v) is 15.4. The maximum Gasteiger partial charge on any atom is 3.00 e. The van der Waals surface area contributed by atoms with Gasteiger partial charge in [0, 0.05) is 89.3 Å². The van der Waals surface area contributed by atoms with Crippen molar-refractivity contribution in [1.29, 1.82) is 0 Å². The summed E-state index contributed by atoms with van der Waals surface area (Å²) in [7, 11) is 1.39. The van der Waals surface area contributed by atoms with Crippen molar-refractivity contribution in [2.24, 2.45) is 0 Å². The van der Waals surface area contributed by atoms with Gasteiger partial charge in [-0.05, 0) is 28.7 Å². The SMILES string of the molecule is CON(Cc1ccccc1B(O)O)CC(c1ccc2c(c1)c1ccccc1c[n+]2CC(=O)O)N(C)C(=O)CN1CCN(CC(=O)O)CCN(CC(=O)O)CCN(CC(=O)O)CC1.[Eu+3]. The molecule has 1 aliphatic heterocycles. The van der Waals surface area contributed by atoms with Crippen molar-refractivity contribution in [3.8, 4) is 0 Å². The molecule has 1 amide bonds. The average molecular weight is 1010 g/mol. The maximum absolute atomic E-state index is 14.6. The van der Waals surface area contributed by atoms with Gasteiger partial charge in [0.15, 0.2) is 6.20 Å². The molecule has 2 heterocycles. The number of amides is 1. The van der Waals surface area contributed by atoms with Crippen molar-refractivity contribution in [2.75, 3.05) is 99.2 Å². The first-order valence-corrected chi connectivity index (χ1v) is 20.2. The number of likely N-dealkylation sites (N-methyl/N-ethyl adjacent to an activating group) is 1. The van der Waals surface area contributed by atoms with Crippen LogP contribution in [0.5, 0.6) is 0 Å². The third kappa shape index (κ3) is 15.3. The molecular weight excluding hydrogens is 957 g/mol. The molecule has 21 heteroatoms. The van der Waals surface area contributed by atoms with Crippen molar-refractivity contribution < 1.29 is 113 Å². The number of carbonyl (C=O) groups excluding carboxylic acids is 1. The summed E-state index contributed by atoms with van der Waals surface area (Å²) < 4.78 is 1.66. The molecule has 0 spiro atoms. The Morgan fingerprint density at radius 2 is 1.21 bits per heavy atom. The zero-order valence-corrected chi connectivity index (χ0v) is 37.8. The topological polar surface area (TPSA) is 239 Å². The van der Waals surface area contributed by atoms with Crippen LogP contribution in [0.15, 0.2) is 72.9 Å². The Morgan fingerprint density at radius 3 is 1.71 bits per heavy atom. The first-order valence-electron chi connectivity index (χ1n) is 20.2. The summed E-state index contributed by atoms with van der Waals surface area (Å²) >= 11 is 0. The van der Waals surface area contributed by atoms with Crippen molar-refractivity contribution in [3.63, 3.8) is 0 Å². The second kappa shape index (κ2) is 24.9. The number of carboxylic acids is 4. The first-order chi connectivity index (χ1) is 29.6. The molecule has 4 aromatic rings. The Morgan fingerprint density at radius 1 is 0.698 bits per heavy atom. The van der Waals surface area contributed by atoms with Crippen LogP contribution in [0.3, 0.4) is 0 Å². The van der Waals surface area contributed by atoms with E-state index in [0.717, 1.165) is 16.2 Å². The van der Waals surface area contributed by atoms with Gasteiger partial charge in [-0.2, -0.15) is 9.63 Å². The third-order valence-electron chi connectivity index (χ3n) is 11.1. The molecule has 5 rings (SSSR count). The van der Waals surface area contributed by atoms with Gasteiger partial charge in [-0.3, -0.25) is 38.8 Å². The predicted molar refractivity (Wildman–Crippen MR) is 227 cm³/mol. The molecule has 1 unspecified atom stereocenters. The minimum atomic E-state index is -1.74. The maximum atomic E-state index is 14.6. The zero-order chi connectivity index (χ0) is 44.9. The molecule has 1 aliphatic rings. The summed E-state index contributed by atoms with van der Waals surface area (Å²) in [6.45, 7) is 0.803. The largest absolute Gasteiger partial charge is 3.00 e. The molecule has 336 valence electrons. The van der Waals surface area contributed by atoms with Gasteiger partial charge in [-0.15, -0.1) is 0 Å². The second-order valence-electron chi connectivity index (χ2n) is 15.4. The molecule has 1 aromatic heterocycles. The fourth-order valence-electron chi connectivity index (χ4n) is 7.83. The quantitative estimate of drug-likeness (QED) is 0.0306. The fourth-order valence-corrected chi connectivity index (χ4v) is 7.83. The van der Waals surface area contributed by atoms with Crippen LogP contribution in [-0.4, -0.2) is 196 Å². The number of aliphatic carboxylic acids is 4. The van der Waals surface area contributed by atoms with E-state index in [-0.39, 0.29) is 159 Å². The number of nitrogens with zero attached hydrogens (tertiary/aromatic N) is 7. The van der Waals surface area contributed by atoms with Crippen LogP contribution in [0, 0.1) is 49.4 Å². The van der Waals surface area contributed by atoms with E-state index >= 15 is 0 Å². The standard InChI is InChI=1S/C42H54BN7O12.Eu/c1-44(38(51)25-45-13-15-46(26-39(52)53)17-19-48(28-41(56)57)20-18-47(16-14-45)27-40(54)55)37(24-50(62-2)23-32-8-4-6-10-35(32)43(60)61)30-11-12-36-34(21-30)33-9-5-3-7-31(33)22-49(36)29-42(58)59;/h3-12,21-22,37,60-61H,13-20,23-29H2,1-2H3,(H3-,52,53,54,55,56,57,58,59);/q;+3/p+1. The Labute approximate surface area is 406 Å². The summed E-state index contributed by atoms with van der Waals surface area (Å²) in [4.78, 5) is 76.1. The van der Waals surface area contributed by atoms with E-state index in [9.17, 15) is 54.4 Å². The monoisotopic (exact) mass is 1010 g/mol. The number of pyridine rings is 1. The molecule has 19 nitrogen and oxygen atoms in total.